The molecule has 4 rings (SSSR count). The van der Waals surface area contributed by atoms with Gasteiger partial charge in [-0.15, -0.1) is 0 Å². The maximum atomic E-state index is 13.1. The molecule has 0 atom stereocenters. The summed E-state index contributed by atoms with van der Waals surface area (Å²) in [5.74, 6) is -0.415. The molecule has 0 saturated carbocycles. The van der Waals surface area contributed by atoms with E-state index in [0.717, 1.165) is 47.3 Å². The van der Waals surface area contributed by atoms with E-state index in [9.17, 15) is 9.59 Å². The number of carbonyl (C=O) groups excluding carboxylic acids is 2. The van der Waals surface area contributed by atoms with Crippen molar-refractivity contribution in [3.8, 4) is 0 Å². The fourth-order valence-corrected chi connectivity index (χ4v) is 3.97. The molecule has 1 aliphatic heterocycles. The Morgan fingerprint density at radius 3 is 2.47 bits per heavy atom. The molecular weight excluding hydrogens is 374 g/mol. The molecular formula is C25H25N3O2. The van der Waals surface area contributed by atoms with Gasteiger partial charge in [-0.1, -0.05) is 50.2 Å². The minimum absolute atomic E-state index is 0.183. The SMILES string of the molecule is CCc1cccc(CC)c1NC(=O)c1ccnc(C(=O)N2CCc3ccccc32)c1. The summed E-state index contributed by atoms with van der Waals surface area (Å²) in [5.41, 5.74) is 5.84. The zero-order valence-corrected chi connectivity index (χ0v) is 17.3. The fraction of sp³-hybridized carbons (Fsp3) is 0.240. The fourth-order valence-electron chi connectivity index (χ4n) is 3.97. The van der Waals surface area contributed by atoms with Crippen LogP contribution in [-0.4, -0.2) is 23.3 Å². The van der Waals surface area contributed by atoms with E-state index in [1.807, 2.05) is 42.5 Å². The van der Waals surface area contributed by atoms with Crippen molar-refractivity contribution in [2.75, 3.05) is 16.8 Å². The van der Waals surface area contributed by atoms with Gasteiger partial charge in [0.05, 0.1) is 0 Å². The molecule has 1 aromatic heterocycles. The Morgan fingerprint density at radius 1 is 1.00 bits per heavy atom. The van der Waals surface area contributed by atoms with Crippen molar-refractivity contribution < 1.29 is 9.59 Å². The number of benzene rings is 2. The van der Waals surface area contributed by atoms with Crippen molar-refractivity contribution in [2.45, 2.75) is 33.1 Å². The minimum atomic E-state index is -0.233. The van der Waals surface area contributed by atoms with Gasteiger partial charge < -0.3 is 10.2 Å². The van der Waals surface area contributed by atoms with Gasteiger partial charge in [-0.05, 0) is 54.2 Å². The third kappa shape index (κ3) is 3.71. The molecule has 0 spiro atoms. The van der Waals surface area contributed by atoms with Crippen LogP contribution in [-0.2, 0) is 19.3 Å². The summed E-state index contributed by atoms with van der Waals surface area (Å²) in [6.45, 7) is 4.77. The molecule has 0 fully saturated rings. The van der Waals surface area contributed by atoms with Gasteiger partial charge in [-0.25, -0.2) is 0 Å². The first-order valence-electron chi connectivity index (χ1n) is 10.4. The smallest absolute Gasteiger partial charge is 0.276 e. The number of hydrogen-bond donors (Lipinski definition) is 1. The minimum Gasteiger partial charge on any atom is -0.321 e. The Hall–Kier alpha value is -3.47. The highest BCUT2D eigenvalue weighted by Crippen LogP contribution is 2.29. The number of nitrogens with one attached hydrogen (secondary N) is 1. The quantitative estimate of drug-likeness (QED) is 0.679. The number of para-hydroxylation sites is 2. The van der Waals surface area contributed by atoms with Crippen molar-refractivity contribution in [1.29, 1.82) is 0 Å². The summed E-state index contributed by atoms with van der Waals surface area (Å²) in [6.07, 6.45) is 4.02. The number of aryl methyl sites for hydroxylation is 2. The van der Waals surface area contributed by atoms with Crippen LogP contribution in [0.4, 0.5) is 11.4 Å². The van der Waals surface area contributed by atoms with Crippen LogP contribution in [0, 0.1) is 0 Å². The standard InChI is InChI=1S/C25H25N3O2/c1-3-17-9-7-10-18(4-2)23(17)27-24(29)20-12-14-26-21(16-20)25(30)28-15-13-19-8-5-6-11-22(19)28/h5-12,14,16H,3-4,13,15H2,1-2H3,(H,27,29). The predicted octanol–water partition coefficient (Wildman–Crippen LogP) is 4.66. The van der Waals surface area contributed by atoms with Crippen molar-refractivity contribution >= 4 is 23.2 Å². The van der Waals surface area contributed by atoms with Crippen LogP contribution in [0.25, 0.3) is 0 Å². The summed E-state index contributed by atoms with van der Waals surface area (Å²) < 4.78 is 0. The number of hydrogen-bond acceptors (Lipinski definition) is 3. The lowest BCUT2D eigenvalue weighted by Crippen LogP contribution is -2.30. The Labute approximate surface area is 176 Å². The second-order valence-corrected chi connectivity index (χ2v) is 7.38. The molecule has 1 aliphatic rings. The maximum Gasteiger partial charge on any atom is 0.276 e. The van der Waals surface area contributed by atoms with Gasteiger partial charge in [0, 0.05) is 29.7 Å². The molecule has 1 N–H and O–H groups in total. The van der Waals surface area contributed by atoms with E-state index >= 15 is 0 Å². The Balaban J connectivity index is 1.59. The number of fused-ring (bicyclic) bond motifs is 1. The molecule has 0 saturated heterocycles. The summed E-state index contributed by atoms with van der Waals surface area (Å²) in [6, 6.07) is 17.2. The summed E-state index contributed by atoms with van der Waals surface area (Å²) in [5, 5.41) is 3.06. The molecule has 152 valence electrons. The number of nitrogens with zero attached hydrogens (tertiary/aromatic N) is 2. The first-order valence-corrected chi connectivity index (χ1v) is 10.4. The highest BCUT2D eigenvalue weighted by atomic mass is 16.2. The summed E-state index contributed by atoms with van der Waals surface area (Å²) in [7, 11) is 0. The Morgan fingerprint density at radius 2 is 1.73 bits per heavy atom. The molecule has 0 radical (unpaired) electrons. The molecule has 2 heterocycles. The second kappa shape index (κ2) is 8.49. The molecule has 2 aromatic carbocycles. The van der Waals surface area contributed by atoms with Crippen molar-refractivity contribution in [3.63, 3.8) is 0 Å². The van der Waals surface area contributed by atoms with Crippen molar-refractivity contribution in [1.82, 2.24) is 4.98 Å². The third-order valence-corrected chi connectivity index (χ3v) is 5.61. The number of carbonyl (C=O) groups is 2. The van der Waals surface area contributed by atoms with Gasteiger partial charge in [0.25, 0.3) is 11.8 Å². The first kappa shape index (κ1) is 19.8. The molecule has 0 bridgehead atoms. The summed E-state index contributed by atoms with van der Waals surface area (Å²) >= 11 is 0. The molecule has 2 amide bonds. The molecule has 5 heteroatoms. The molecule has 3 aromatic rings. The lowest BCUT2D eigenvalue weighted by atomic mass is 10.0. The number of amides is 2. The molecule has 0 unspecified atom stereocenters. The monoisotopic (exact) mass is 399 g/mol. The topological polar surface area (TPSA) is 62.3 Å². The average molecular weight is 399 g/mol. The van der Waals surface area contributed by atoms with E-state index < -0.39 is 0 Å². The first-order chi connectivity index (χ1) is 14.6. The van der Waals surface area contributed by atoms with E-state index in [2.05, 4.69) is 24.1 Å². The highest BCUT2D eigenvalue weighted by molar-refractivity contribution is 6.09. The normalized spacial score (nSPS) is 12.5. The van der Waals surface area contributed by atoms with Gasteiger partial charge in [0.1, 0.15) is 5.69 Å². The highest BCUT2D eigenvalue weighted by Gasteiger charge is 2.26. The van der Waals surface area contributed by atoms with E-state index in [1.165, 1.54) is 6.20 Å². The zero-order chi connectivity index (χ0) is 21.1. The third-order valence-electron chi connectivity index (χ3n) is 5.61. The van der Waals surface area contributed by atoms with Crippen LogP contribution in [0.2, 0.25) is 0 Å². The van der Waals surface area contributed by atoms with Crippen LogP contribution >= 0.6 is 0 Å². The zero-order valence-electron chi connectivity index (χ0n) is 17.3. The molecule has 0 aliphatic carbocycles. The second-order valence-electron chi connectivity index (χ2n) is 7.38. The number of anilines is 2. The van der Waals surface area contributed by atoms with Crippen LogP contribution < -0.4 is 10.2 Å². The van der Waals surface area contributed by atoms with Crippen molar-refractivity contribution in [2.24, 2.45) is 0 Å². The van der Waals surface area contributed by atoms with Gasteiger partial charge in [-0.2, -0.15) is 0 Å². The van der Waals surface area contributed by atoms with Crippen LogP contribution in [0.1, 0.15) is 51.4 Å². The summed E-state index contributed by atoms with van der Waals surface area (Å²) in [4.78, 5) is 32.0. The van der Waals surface area contributed by atoms with Crippen LogP contribution in [0.15, 0.2) is 60.8 Å². The Bertz CT molecular complexity index is 1080. The van der Waals surface area contributed by atoms with Gasteiger partial charge in [0.2, 0.25) is 0 Å². The predicted molar refractivity (Wildman–Crippen MR) is 119 cm³/mol. The number of pyridine rings is 1. The van der Waals surface area contributed by atoms with Crippen molar-refractivity contribution in [3.05, 3.63) is 88.7 Å². The van der Waals surface area contributed by atoms with Crippen LogP contribution in [0.5, 0.6) is 0 Å². The van der Waals surface area contributed by atoms with E-state index in [0.29, 0.717) is 12.1 Å². The van der Waals surface area contributed by atoms with E-state index in [4.69, 9.17) is 0 Å². The van der Waals surface area contributed by atoms with Gasteiger partial charge in [-0.3, -0.25) is 14.6 Å². The maximum absolute atomic E-state index is 13.1. The Kier molecular flexibility index (Phi) is 5.61. The lowest BCUT2D eigenvalue weighted by Gasteiger charge is -2.17. The lowest BCUT2D eigenvalue weighted by molar-refractivity contribution is 0.0984. The van der Waals surface area contributed by atoms with Gasteiger partial charge >= 0.3 is 0 Å². The van der Waals surface area contributed by atoms with Gasteiger partial charge in [0.15, 0.2) is 0 Å². The van der Waals surface area contributed by atoms with Crippen LogP contribution in [0.3, 0.4) is 0 Å². The van der Waals surface area contributed by atoms with E-state index in [1.54, 1.807) is 17.0 Å². The number of aromatic nitrogens is 1. The molecule has 30 heavy (non-hydrogen) atoms. The van der Waals surface area contributed by atoms with E-state index in [-0.39, 0.29) is 17.5 Å². The number of rotatable bonds is 5. The molecule has 5 nitrogen and oxygen atoms in total. The average Bonchev–Trinajstić information content (AvgIpc) is 3.23. The largest absolute Gasteiger partial charge is 0.321 e.